The number of aliphatic hydroxyl groups is 1. The molecule has 0 unspecified atom stereocenters. The first-order valence-electron chi connectivity index (χ1n) is 5.28. The van der Waals surface area contributed by atoms with Gasteiger partial charge in [0.05, 0.1) is 0 Å². The van der Waals surface area contributed by atoms with Crippen LogP contribution in [0, 0.1) is 4.91 Å². The molecule has 1 aromatic carbocycles. The summed E-state index contributed by atoms with van der Waals surface area (Å²) in [5.41, 5.74) is -0.907. The summed E-state index contributed by atoms with van der Waals surface area (Å²) in [6.07, 6.45) is 0. The monoisotopic (exact) mass is 270 g/mol. The highest BCUT2D eigenvalue weighted by Gasteiger charge is 2.24. The van der Waals surface area contributed by atoms with Gasteiger partial charge in [0.25, 0.3) is 11.8 Å². The van der Waals surface area contributed by atoms with Crippen LogP contribution in [0.1, 0.15) is 19.4 Å². The summed E-state index contributed by atoms with van der Waals surface area (Å²) in [6, 6.07) is 5.00. The number of halogens is 2. The second-order valence-electron chi connectivity index (χ2n) is 3.95. The molecule has 0 aromatic heterocycles. The molecule has 102 valence electrons. The van der Waals surface area contributed by atoms with E-state index in [9.17, 15) is 18.5 Å². The number of allylic oxidation sites excluding steroid dienone is 1. The van der Waals surface area contributed by atoms with Crippen molar-refractivity contribution in [2.75, 3.05) is 5.32 Å². The van der Waals surface area contributed by atoms with Gasteiger partial charge in [0.1, 0.15) is 5.76 Å². The van der Waals surface area contributed by atoms with E-state index >= 15 is 0 Å². The number of carbonyl (C=O) groups excluding carboxylic acids is 1. The number of benzene rings is 1. The van der Waals surface area contributed by atoms with Gasteiger partial charge >= 0.3 is 0 Å². The van der Waals surface area contributed by atoms with Crippen molar-refractivity contribution in [3.63, 3.8) is 0 Å². The van der Waals surface area contributed by atoms with Gasteiger partial charge in [-0.2, -0.15) is 0 Å². The first-order chi connectivity index (χ1) is 8.75. The number of nitrogens with zero attached hydrogens (tertiary/aromatic N) is 1. The van der Waals surface area contributed by atoms with E-state index in [1.165, 1.54) is 18.2 Å². The van der Waals surface area contributed by atoms with Gasteiger partial charge in [-0.25, -0.2) is 8.78 Å². The second kappa shape index (κ2) is 5.55. The third kappa shape index (κ3) is 3.84. The standard InChI is InChI=1S/C12H12F2N2O3/c1-7(17)10(16-19)11(18)15-9-5-3-4-8(6-9)12(2,13)14/h3-6,17H,1-2H3,(H,15,18). The quantitative estimate of drug-likeness (QED) is 0.500. The number of anilines is 1. The molecule has 0 aliphatic rings. The third-order valence-electron chi connectivity index (χ3n) is 2.28. The zero-order chi connectivity index (χ0) is 14.6. The Hall–Kier alpha value is -2.31. The lowest BCUT2D eigenvalue weighted by Gasteiger charge is -2.12. The van der Waals surface area contributed by atoms with Crippen LogP contribution in [0.2, 0.25) is 0 Å². The molecule has 0 bridgehead atoms. The predicted molar refractivity (Wildman–Crippen MR) is 65.8 cm³/mol. The van der Waals surface area contributed by atoms with Crippen molar-refractivity contribution < 1.29 is 18.7 Å². The van der Waals surface area contributed by atoms with Gasteiger partial charge in [-0.1, -0.05) is 12.1 Å². The molecular formula is C12H12F2N2O3. The van der Waals surface area contributed by atoms with Crippen molar-refractivity contribution in [1.29, 1.82) is 0 Å². The Morgan fingerprint density at radius 1 is 1.42 bits per heavy atom. The van der Waals surface area contributed by atoms with Crippen LogP contribution in [0.3, 0.4) is 0 Å². The maximum Gasteiger partial charge on any atom is 0.281 e. The van der Waals surface area contributed by atoms with Gasteiger partial charge in [-0.05, 0) is 24.2 Å². The Bertz CT molecular complexity index is 532. The van der Waals surface area contributed by atoms with Crippen molar-refractivity contribution in [1.82, 2.24) is 0 Å². The van der Waals surface area contributed by atoms with Crippen LogP contribution in [0.4, 0.5) is 14.5 Å². The Morgan fingerprint density at radius 3 is 2.53 bits per heavy atom. The lowest BCUT2D eigenvalue weighted by molar-refractivity contribution is -0.113. The lowest BCUT2D eigenvalue weighted by atomic mass is 10.1. The number of hydrogen-bond donors (Lipinski definition) is 2. The van der Waals surface area contributed by atoms with E-state index in [4.69, 9.17) is 5.11 Å². The van der Waals surface area contributed by atoms with Crippen LogP contribution in [0.5, 0.6) is 0 Å². The molecular weight excluding hydrogens is 258 g/mol. The molecule has 0 aliphatic carbocycles. The molecule has 1 aromatic rings. The average molecular weight is 270 g/mol. The van der Waals surface area contributed by atoms with Gasteiger partial charge in [0, 0.05) is 18.2 Å². The Balaban J connectivity index is 2.99. The number of nitrogens with one attached hydrogen (secondary N) is 1. The molecule has 5 nitrogen and oxygen atoms in total. The number of alkyl halides is 2. The zero-order valence-electron chi connectivity index (χ0n) is 10.3. The minimum absolute atomic E-state index is 0.0754. The summed E-state index contributed by atoms with van der Waals surface area (Å²) >= 11 is 0. The molecule has 0 saturated carbocycles. The average Bonchev–Trinajstić information content (AvgIpc) is 2.28. The van der Waals surface area contributed by atoms with Crippen molar-refractivity contribution in [3.8, 4) is 0 Å². The highest BCUT2D eigenvalue weighted by Crippen LogP contribution is 2.28. The maximum absolute atomic E-state index is 13.1. The van der Waals surface area contributed by atoms with Crippen molar-refractivity contribution in [2.24, 2.45) is 5.18 Å². The smallest absolute Gasteiger partial charge is 0.281 e. The van der Waals surface area contributed by atoms with Crippen molar-refractivity contribution >= 4 is 11.6 Å². The Morgan fingerprint density at radius 2 is 2.05 bits per heavy atom. The molecule has 1 rings (SSSR count). The first kappa shape index (κ1) is 14.7. The third-order valence-corrected chi connectivity index (χ3v) is 2.28. The van der Waals surface area contributed by atoms with Gasteiger partial charge in [-0.15, -0.1) is 4.91 Å². The van der Waals surface area contributed by atoms with E-state index in [0.717, 1.165) is 19.9 Å². The lowest BCUT2D eigenvalue weighted by Crippen LogP contribution is -2.15. The van der Waals surface area contributed by atoms with E-state index in [0.29, 0.717) is 0 Å². The fourth-order valence-electron chi connectivity index (χ4n) is 1.33. The highest BCUT2D eigenvalue weighted by atomic mass is 19.3. The van der Waals surface area contributed by atoms with Crippen molar-refractivity contribution in [2.45, 2.75) is 19.8 Å². The molecule has 0 radical (unpaired) electrons. The molecule has 0 heterocycles. The molecule has 1 amide bonds. The van der Waals surface area contributed by atoms with Crippen LogP contribution >= 0.6 is 0 Å². The van der Waals surface area contributed by atoms with Crippen LogP contribution in [-0.2, 0) is 10.7 Å². The normalized spacial score (nSPS) is 12.6. The maximum atomic E-state index is 13.1. The zero-order valence-corrected chi connectivity index (χ0v) is 10.3. The van der Waals surface area contributed by atoms with Gasteiger partial charge < -0.3 is 10.4 Å². The van der Waals surface area contributed by atoms with Crippen LogP contribution in [0.25, 0.3) is 0 Å². The SMILES string of the molecule is CC(O)=C(N=O)C(=O)Nc1cccc(C(C)(F)F)c1. The molecule has 19 heavy (non-hydrogen) atoms. The molecule has 0 aliphatic heterocycles. The van der Waals surface area contributed by atoms with E-state index in [2.05, 4.69) is 10.5 Å². The fourth-order valence-corrected chi connectivity index (χ4v) is 1.33. The topological polar surface area (TPSA) is 78.8 Å². The molecule has 0 fully saturated rings. The molecule has 0 atom stereocenters. The minimum Gasteiger partial charge on any atom is -0.510 e. The molecule has 0 spiro atoms. The van der Waals surface area contributed by atoms with Crippen LogP contribution in [0.15, 0.2) is 40.9 Å². The van der Waals surface area contributed by atoms with Crippen molar-refractivity contribution in [3.05, 3.63) is 46.2 Å². The van der Waals surface area contributed by atoms with Crippen LogP contribution in [-0.4, -0.2) is 11.0 Å². The summed E-state index contributed by atoms with van der Waals surface area (Å²) in [6.45, 7) is 1.84. The number of nitroso groups, excluding NO2 is 1. The van der Waals surface area contributed by atoms with Crippen LogP contribution < -0.4 is 5.32 Å². The molecule has 7 heteroatoms. The van der Waals surface area contributed by atoms with E-state index in [1.54, 1.807) is 0 Å². The van der Waals surface area contributed by atoms with E-state index in [1.807, 2.05) is 0 Å². The minimum atomic E-state index is -3.05. The van der Waals surface area contributed by atoms with E-state index < -0.39 is 23.3 Å². The number of carbonyl (C=O) groups is 1. The summed E-state index contributed by atoms with van der Waals surface area (Å²) in [7, 11) is 0. The largest absolute Gasteiger partial charge is 0.510 e. The van der Waals surface area contributed by atoms with Gasteiger partial charge in [0.2, 0.25) is 5.70 Å². The van der Waals surface area contributed by atoms with Gasteiger partial charge in [0.15, 0.2) is 0 Å². The number of amides is 1. The molecule has 2 N–H and O–H groups in total. The summed E-state index contributed by atoms with van der Waals surface area (Å²) in [4.78, 5) is 21.9. The first-order valence-corrected chi connectivity index (χ1v) is 5.28. The van der Waals surface area contributed by atoms with Gasteiger partial charge in [-0.3, -0.25) is 4.79 Å². The number of aliphatic hydroxyl groups excluding tert-OH is 1. The Labute approximate surface area is 107 Å². The van der Waals surface area contributed by atoms with E-state index in [-0.39, 0.29) is 11.3 Å². The summed E-state index contributed by atoms with van der Waals surface area (Å²) < 4.78 is 26.2. The molecule has 0 saturated heterocycles. The summed E-state index contributed by atoms with van der Waals surface area (Å²) in [5.74, 6) is -4.56. The fraction of sp³-hybridized carbons (Fsp3) is 0.250. The number of rotatable bonds is 4. The summed E-state index contributed by atoms with van der Waals surface area (Å²) in [5, 5.41) is 13.6. The Kier molecular flexibility index (Phi) is 4.31. The predicted octanol–water partition coefficient (Wildman–Crippen LogP) is 3.29. The number of hydrogen-bond acceptors (Lipinski definition) is 4. The highest BCUT2D eigenvalue weighted by molar-refractivity contribution is 6.03. The second-order valence-corrected chi connectivity index (χ2v) is 3.95.